The molecule has 2 atom stereocenters. The largest absolute Gasteiger partial charge is 0.480 e. The van der Waals surface area contributed by atoms with Gasteiger partial charge in [-0.05, 0) is 6.54 Å². The lowest BCUT2D eigenvalue weighted by Gasteiger charge is -2.39. The second kappa shape index (κ2) is 7.64. The van der Waals surface area contributed by atoms with Crippen molar-refractivity contribution in [3.8, 4) is 0 Å². The third-order valence-electron chi connectivity index (χ3n) is 3.44. The Morgan fingerprint density at radius 3 is 2.50 bits per heavy atom. The first-order chi connectivity index (χ1) is 9.36. The Hall–Kier alpha value is -1.08. The Labute approximate surface area is 123 Å². The van der Waals surface area contributed by atoms with E-state index in [4.69, 9.17) is 0 Å². The first-order valence-electron chi connectivity index (χ1n) is 6.75. The molecule has 0 aliphatic carbocycles. The summed E-state index contributed by atoms with van der Waals surface area (Å²) in [5.74, 6) is -1.10. The summed E-state index contributed by atoms with van der Waals surface area (Å²) in [4.78, 5) is 38.1. The summed E-state index contributed by atoms with van der Waals surface area (Å²) in [6.07, 6.45) is 0. The van der Waals surface area contributed by atoms with Crippen molar-refractivity contribution in [1.82, 2.24) is 9.80 Å². The van der Waals surface area contributed by atoms with Crippen LogP contribution in [0.5, 0.6) is 0 Å². The molecule has 0 spiro atoms. The van der Waals surface area contributed by atoms with Crippen molar-refractivity contribution in [3.05, 3.63) is 0 Å². The lowest BCUT2D eigenvalue weighted by atomic mass is 10.1. The maximum absolute atomic E-state index is 12.3. The molecule has 1 saturated heterocycles. The van der Waals surface area contributed by atoms with Gasteiger partial charge < -0.3 is 10.0 Å². The summed E-state index contributed by atoms with van der Waals surface area (Å²) in [7, 11) is 0. The number of carbonyl (C=O) groups excluding carboxylic acids is 2. The zero-order valence-electron chi connectivity index (χ0n) is 12.2. The Kier molecular flexibility index (Phi) is 6.48. The molecule has 1 amide bonds. The number of carboxylic acids is 1. The smallest absolute Gasteiger partial charge is 0.327 e. The van der Waals surface area contributed by atoms with Gasteiger partial charge >= 0.3 is 5.97 Å². The van der Waals surface area contributed by atoms with Gasteiger partial charge in [0.15, 0.2) is 5.12 Å². The van der Waals surface area contributed by atoms with Gasteiger partial charge in [0.25, 0.3) is 0 Å². The van der Waals surface area contributed by atoms with Gasteiger partial charge in [-0.1, -0.05) is 25.6 Å². The molecule has 20 heavy (non-hydrogen) atoms. The molecule has 6 nitrogen and oxygen atoms in total. The Morgan fingerprint density at radius 1 is 1.35 bits per heavy atom. The number of hydrogen-bond donors (Lipinski definition) is 1. The summed E-state index contributed by atoms with van der Waals surface area (Å²) in [6, 6.07) is -0.791. The van der Waals surface area contributed by atoms with Crippen LogP contribution in [0.1, 0.15) is 20.8 Å². The van der Waals surface area contributed by atoms with E-state index in [2.05, 4.69) is 0 Å². The fourth-order valence-electron chi connectivity index (χ4n) is 2.20. The predicted molar refractivity (Wildman–Crippen MR) is 77.6 cm³/mol. The molecule has 0 aromatic rings. The summed E-state index contributed by atoms with van der Waals surface area (Å²) >= 11 is 1.10. The van der Waals surface area contributed by atoms with Gasteiger partial charge in [-0.2, -0.15) is 0 Å². The number of carboxylic acid groups (broad SMARTS) is 1. The van der Waals surface area contributed by atoms with Gasteiger partial charge in [0.05, 0.1) is 0 Å². The SMILES string of the molecule is CCN1CCN(C(=O)C(C)CSC(C)=O)C(C(=O)O)C1. The van der Waals surface area contributed by atoms with E-state index < -0.39 is 12.0 Å². The summed E-state index contributed by atoms with van der Waals surface area (Å²) in [6.45, 7) is 7.44. The van der Waals surface area contributed by atoms with E-state index in [0.29, 0.717) is 25.4 Å². The molecule has 0 aromatic carbocycles. The first kappa shape index (κ1) is 17.0. The van der Waals surface area contributed by atoms with Crippen LogP contribution < -0.4 is 0 Å². The minimum absolute atomic E-state index is 0.0322. The van der Waals surface area contributed by atoms with Crippen molar-refractivity contribution < 1.29 is 19.5 Å². The maximum Gasteiger partial charge on any atom is 0.327 e. The highest BCUT2D eigenvalue weighted by atomic mass is 32.2. The Balaban J connectivity index is 2.69. The number of thioether (sulfide) groups is 1. The fraction of sp³-hybridized carbons (Fsp3) is 0.769. The lowest BCUT2D eigenvalue weighted by Crippen LogP contribution is -2.59. The maximum atomic E-state index is 12.3. The van der Waals surface area contributed by atoms with Crippen LogP contribution in [0.25, 0.3) is 0 Å². The molecular formula is C13H22N2O4S. The average Bonchev–Trinajstić information content (AvgIpc) is 2.43. The van der Waals surface area contributed by atoms with E-state index >= 15 is 0 Å². The molecule has 7 heteroatoms. The van der Waals surface area contributed by atoms with Gasteiger partial charge in [0.2, 0.25) is 5.91 Å². The number of likely N-dealkylation sites (N-methyl/N-ethyl adjacent to an activating group) is 1. The third kappa shape index (κ3) is 4.49. The van der Waals surface area contributed by atoms with Crippen LogP contribution in [0.15, 0.2) is 0 Å². The molecule has 1 rings (SSSR count). The minimum Gasteiger partial charge on any atom is -0.480 e. The van der Waals surface area contributed by atoms with Crippen LogP contribution in [0.3, 0.4) is 0 Å². The summed E-state index contributed by atoms with van der Waals surface area (Å²) in [5, 5.41) is 9.26. The predicted octanol–water partition coefficient (Wildman–Crippen LogP) is 0.520. The number of carbonyl (C=O) groups is 3. The van der Waals surface area contributed by atoms with Gasteiger partial charge in [-0.3, -0.25) is 14.5 Å². The average molecular weight is 302 g/mol. The van der Waals surface area contributed by atoms with Gasteiger partial charge in [0.1, 0.15) is 6.04 Å². The molecule has 1 aliphatic rings. The molecule has 0 radical (unpaired) electrons. The van der Waals surface area contributed by atoms with Gasteiger partial charge in [-0.15, -0.1) is 0 Å². The van der Waals surface area contributed by atoms with Gasteiger partial charge in [-0.25, -0.2) is 4.79 Å². The monoisotopic (exact) mass is 302 g/mol. The number of piperazine rings is 1. The standard InChI is InChI=1S/C13H22N2O4S/c1-4-14-5-6-15(11(7-14)13(18)19)12(17)9(2)8-20-10(3)16/h9,11H,4-8H2,1-3H3,(H,18,19). The van der Waals surface area contributed by atoms with E-state index in [-0.39, 0.29) is 16.9 Å². The van der Waals surface area contributed by atoms with Crippen molar-refractivity contribution in [2.45, 2.75) is 26.8 Å². The van der Waals surface area contributed by atoms with E-state index in [0.717, 1.165) is 18.3 Å². The molecule has 1 heterocycles. The molecule has 0 bridgehead atoms. The Bertz CT molecular complexity index is 389. The fourth-order valence-corrected chi connectivity index (χ4v) is 2.83. The Morgan fingerprint density at radius 2 is 2.00 bits per heavy atom. The molecule has 114 valence electrons. The van der Waals surface area contributed by atoms with Crippen molar-refractivity contribution >= 4 is 28.8 Å². The molecule has 0 saturated carbocycles. The van der Waals surface area contributed by atoms with Crippen molar-refractivity contribution in [1.29, 1.82) is 0 Å². The molecule has 1 N–H and O–H groups in total. The quantitative estimate of drug-likeness (QED) is 0.798. The van der Waals surface area contributed by atoms with Crippen LogP contribution in [0.4, 0.5) is 0 Å². The van der Waals surface area contributed by atoms with E-state index in [1.165, 1.54) is 11.8 Å². The molecule has 1 fully saturated rings. The van der Waals surface area contributed by atoms with Crippen molar-refractivity contribution in [2.24, 2.45) is 5.92 Å². The third-order valence-corrected chi connectivity index (χ3v) is 4.51. The van der Waals surface area contributed by atoms with E-state index in [9.17, 15) is 19.5 Å². The summed E-state index contributed by atoms with van der Waals surface area (Å²) < 4.78 is 0. The van der Waals surface area contributed by atoms with Crippen LogP contribution >= 0.6 is 11.8 Å². The minimum atomic E-state index is -0.970. The molecule has 1 aliphatic heterocycles. The highest BCUT2D eigenvalue weighted by Crippen LogP contribution is 2.17. The van der Waals surface area contributed by atoms with Crippen LogP contribution in [-0.4, -0.2) is 69.9 Å². The topological polar surface area (TPSA) is 77.9 Å². The van der Waals surface area contributed by atoms with Crippen molar-refractivity contribution in [3.63, 3.8) is 0 Å². The normalized spacial score (nSPS) is 21.6. The second-order valence-electron chi connectivity index (χ2n) is 4.98. The first-order valence-corrected chi connectivity index (χ1v) is 7.74. The zero-order valence-corrected chi connectivity index (χ0v) is 13.0. The number of nitrogens with zero attached hydrogens (tertiary/aromatic N) is 2. The van der Waals surface area contributed by atoms with E-state index in [1.54, 1.807) is 6.92 Å². The molecule has 2 unspecified atom stereocenters. The highest BCUT2D eigenvalue weighted by molar-refractivity contribution is 8.13. The van der Waals surface area contributed by atoms with Crippen LogP contribution in [-0.2, 0) is 14.4 Å². The lowest BCUT2D eigenvalue weighted by molar-refractivity contribution is -0.155. The number of amides is 1. The van der Waals surface area contributed by atoms with Crippen molar-refractivity contribution in [2.75, 3.05) is 31.9 Å². The number of hydrogen-bond acceptors (Lipinski definition) is 5. The zero-order chi connectivity index (χ0) is 15.3. The van der Waals surface area contributed by atoms with Gasteiger partial charge in [0, 0.05) is 38.2 Å². The highest BCUT2D eigenvalue weighted by Gasteiger charge is 2.36. The molecule has 0 aromatic heterocycles. The van der Waals surface area contributed by atoms with E-state index in [1.807, 2.05) is 11.8 Å². The molecular weight excluding hydrogens is 280 g/mol. The summed E-state index contributed by atoms with van der Waals surface area (Å²) in [5.41, 5.74) is 0. The number of aliphatic carboxylic acids is 1. The number of rotatable bonds is 5. The van der Waals surface area contributed by atoms with Crippen LogP contribution in [0.2, 0.25) is 0 Å². The second-order valence-corrected chi connectivity index (χ2v) is 6.18. The van der Waals surface area contributed by atoms with Crippen LogP contribution in [0, 0.1) is 5.92 Å².